The molecule has 0 spiro atoms. The van der Waals surface area contributed by atoms with Gasteiger partial charge in [-0.1, -0.05) is 20.8 Å². The highest BCUT2D eigenvalue weighted by atomic mass is 16.2. The van der Waals surface area contributed by atoms with Gasteiger partial charge < -0.3 is 10.2 Å². The number of rotatable bonds is 5. The molecule has 3 heteroatoms. The van der Waals surface area contributed by atoms with E-state index in [2.05, 4.69) is 26.1 Å². The fourth-order valence-corrected chi connectivity index (χ4v) is 2.20. The predicted molar refractivity (Wildman–Crippen MR) is 62.7 cm³/mol. The van der Waals surface area contributed by atoms with Crippen LogP contribution in [0.3, 0.4) is 0 Å². The molecule has 0 bridgehead atoms. The van der Waals surface area contributed by atoms with E-state index < -0.39 is 0 Å². The first-order chi connectivity index (χ1) is 7.11. The Labute approximate surface area is 93.2 Å². The summed E-state index contributed by atoms with van der Waals surface area (Å²) in [6, 6.07) is 0.410. The molecule has 1 heterocycles. The van der Waals surface area contributed by atoms with Crippen molar-refractivity contribution >= 4 is 5.91 Å². The monoisotopic (exact) mass is 212 g/mol. The van der Waals surface area contributed by atoms with Crippen LogP contribution in [0.2, 0.25) is 0 Å². The zero-order valence-electron chi connectivity index (χ0n) is 10.4. The van der Waals surface area contributed by atoms with Crippen molar-refractivity contribution < 1.29 is 4.79 Å². The lowest BCUT2D eigenvalue weighted by Gasteiger charge is -2.36. The molecule has 0 radical (unpaired) electrons. The summed E-state index contributed by atoms with van der Waals surface area (Å²) in [6.45, 7) is 8.36. The summed E-state index contributed by atoms with van der Waals surface area (Å²) >= 11 is 0. The van der Waals surface area contributed by atoms with Gasteiger partial charge in [-0.05, 0) is 31.8 Å². The highest BCUT2D eigenvalue weighted by Crippen LogP contribution is 2.20. The van der Waals surface area contributed by atoms with E-state index in [1.807, 2.05) is 11.9 Å². The van der Waals surface area contributed by atoms with E-state index in [1.165, 1.54) is 0 Å². The van der Waals surface area contributed by atoms with Gasteiger partial charge in [-0.2, -0.15) is 0 Å². The molecule has 1 amide bonds. The molecule has 0 aliphatic carbocycles. The molecule has 15 heavy (non-hydrogen) atoms. The van der Waals surface area contributed by atoms with Crippen LogP contribution in [0.15, 0.2) is 0 Å². The van der Waals surface area contributed by atoms with Crippen LogP contribution < -0.4 is 5.32 Å². The molecule has 1 aliphatic rings. The van der Waals surface area contributed by atoms with Crippen molar-refractivity contribution in [3.63, 3.8) is 0 Å². The lowest BCUT2D eigenvalue weighted by molar-refractivity contribution is -0.138. The summed E-state index contributed by atoms with van der Waals surface area (Å²) in [5, 5.41) is 3.22. The largest absolute Gasteiger partial charge is 0.343 e. The summed E-state index contributed by atoms with van der Waals surface area (Å²) in [5.41, 5.74) is 0. The van der Waals surface area contributed by atoms with E-state index in [-0.39, 0.29) is 5.92 Å². The fourth-order valence-electron chi connectivity index (χ4n) is 2.20. The molecule has 88 valence electrons. The van der Waals surface area contributed by atoms with Gasteiger partial charge in [-0.15, -0.1) is 0 Å². The third-order valence-corrected chi connectivity index (χ3v) is 3.75. The minimum absolute atomic E-state index is 0.178. The molecule has 1 atom stereocenters. The van der Waals surface area contributed by atoms with Crippen LogP contribution in [0.1, 0.15) is 33.6 Å². The van der Waals surface area contributed by atoms with Gasteiger partial charge in [0, 0.05) is 19.0 Å². The zero-order valence-corrected chi connectivity index (χ0v) is 10.4. The summed E-state index contributed by atoms with van der Waals surface area (Å²) in [6.07, 6.45) is 2.10. The minimum Gasteiger partial charge on any atom is -0.343 e. The summed E-state index contributed by atoms with van der Waals surface area (Å²) in [5.74, 6) is 1.04. The predicted octanol–water partition coefficient (Wildman–Crippen LogP) is 1.49. The first kappa shape index (κ1) is 12.5. The lowest BCUT2D eigenvalue weighted by Crippen LogP contribution is -2.51. The normalized spacial score (nSPS) is 18.7. The maximum atomic E-state index is 12.1. The second-order valence-corrected chi connectivity index (χ2v) is 4.63. The number of carbonyl (C=O) groups is 1. The van der Waals surface area contributed by atoms with E-state index in [1.54, 1.807) is 0 Å². The van der Waals surface area contributed by atoms with E-state index >= 15 is 0 Å². The smallest absolute Gasteiger partial charge is 0.225 e. The van der Waals surface area contributed by atoms with Crippen LogP contribution in [0, 0.1) is 11.8 Å². The molecule has 0 aromatic rings. The van der Waals surface area contributed by atoms with Gasteiger partial charge >= 0.3 is 0 Å². The van der Waals surface area contributed by atoms with E-state index in [0.717, 1.165) is 25.9 Å². The Kier molecular flexibility index (Phi) is 4.58. The van der Waals surface area contributed by atoms with Crippen molar-refractivity contribution in [2.45, 2.75) is 39.7 Å². The van der Waals surface area contributed by atoms with E-state index in [0.29, 0.717) is 17.9 Å². The average molecular weight is 212 g/mol. The number of carbonyl (C=O) groups excluding carboxylic acids is 1. The Bertz CT molecular complexity index is 210. The Hall–Kier alpha value is -0.570. The molecule has 1 unspecified atom stereocenters. The Morgan fingerprint density at radius 3 is 2.27 bits per heavy atom. The molecule has 1 rings (SSSR count). The zero-order chi connectivity index (χ0) is 11.4. The fraction of sp³-hybridized carbons (Fsp3) is 0.917. The van der Waals surface area contributed by atoms with Crippen molar-refractivity contribution in [1.29, 1.82) is 0 Å². The van der Waals surface area contributed by atoms with Gasteiger partial charge in [0.15, 0.2) is 0 Å². The maximum Gasteiger partial charge on any atom is 0.225 e. The van der Waals surface area contributed by atoms with Crippen molar-refractivity contribution in [3.8, 4) is 0 Å². The van der Waals surface area contributed by atoms with Crippen molar-refractivity contribution in [2.24, 2.45) is 11.8 Å². The van der Waals surface area contributed by atoms with Gasteiger partial charge in [0.2, 0.25) is 5.91 Å². The first-order valence-electron chi connectivity index (χ1n) is 6.09. The molecule has 1 N–H and O–H groups in total. The number of nitrogens with zero attached hydrogens (tertiary/aromatic N) is 1. The first-order valence-corrected chi connectivity index (χ1v) is 6.09. The number of amides is 1. The highest BCUT2D eigenvalue weighted by Gasteiger charge is 2.31. The van der Waals surface area contributed by atoms with E-state index in [9.17, 15) is 4.79 Å². The van der Waals surface area contributed by atoms with Crippen molar-refractivity contribution in [2.75, 3.05) is 20.1 Å². The quantitative estimate of drug-likeness (QED) is 0.749. The van der Waals surface area contributed by atoms with Crippen LogP contribution in [0.5, 0.6) is 0 Å². The lowest BCUT2D eigenvalue weighted by atomic mass is 9.87. The van der Waals surface area contributed by atoms with E-state index in [4.69, 9.17) is 0 Å². The second-order valence-electron chi connectivity index (χ2n) is 4.63. The molecule has 0 saturated carbocycles. The van der Waals surface area contributed by atoms with Crippen LogP contribution in [-0.2, 0) is 4.79 Å². The van der Waals surface area contributed by atoms with Gasteiger partial charge in [-0.25, -0.2) is 0 Å². The summed E-state index contributed by atoms with van der Waals surface area (Å²) in [4.78, 5) is 14.1. The Morgan fingerprint density at radius 2 is 1.93 bits per heavy atom. The van der Waals surface area contributed by atoms with Crippen LogP contribution >= 0.6 is 0 Å². The summed E-state index contributed by atoms with van der Waals surface area (Å²) < 4.78 is 0. The highest BCUT2D eigenvalue weighted by molar-refractivity contribution is 5.79. The third-order valence-electron chi connectivity index (χ3n) is 3.75. The summed E-state index contributed by atoms with van der Waals surface area (Å²) in [7, 11) is 1.95. The third kappa shape index (κ3) is 2.71. The van der Waals surface area contributed by atoms with Crippen LogP contribution in [0.4, 0.5) is 0 Å². The SMILES string of the molecule is CCC(CC)N(C)C(=O)C(C)C1CNC1. The van der Waals surface area contributed by atoms with Crippen LogP contribution in [0.25, 0.3) is 0 Å². The van der Waals surface area contributed by atoms with Gasteiger partial charge in [0.05, 0.1) is 0 Å². The molecule has 0 aromatic carbocycles. The number of hydrogen-bond acceptors (Lipinski definition) is 2. The standard InChI is InChI=1S/C12H24N2O/c1-5-11(6-2)14(4)12(15)9(3)10-7-13-8-10/h9-11,13H,5-8H2,1-4H3. The topological polar surface area (TPSA) is 32.3 Å². The number of hydrogen-bond donors (Lipinski definition) is 1. The molecule has 3 nitrogen and oxygen atoms in total. The minimum atomic E-state index is 0.178. The molecule has 1 saturated heterocycles. The van der Waals surface area contributed by atoms with Crippen molar-refractivity contribution in [1.82, 2.24) is 10.2 Å². The van der Waals surface area contributed by atoms with Gasteiger partial charge in [0.1, 0.15) is 0 Å². The number of nitrogens with one attached hydrogen (secondary N) is 1. The maximum absolute atomic E-state index is 12.1. The average Bonchev–Trinajstić information content (AvgIpc) is 2.15. The van der Waals surface area contributed by atoms with Crippen molar-refractivity contribution in [3.05, 3.63) is 0 Å². The van der Waals surface area contributed by atoms with Gasteiger partial charge in [-0.3, -0.25) is 4.79 Å². The molecule has 0 aromatic heterocycles. The Balaban J connectivity index is 2.49. The molecular formula is C12H24N2O. The second kappa shape index (κ2) is 5.50. The molecular weight excluding hydrogens is 188 g/mol. The molecule has 1 fully saturated rings. The van der Waals surface area contributed by atoms with Gasteiger partial charge in [0.25, 0.3) is 0 Å². The Morgan fingerprint density at radius 1 is 1.40 bits per heavy atom. The van der Waals surface area contributed by atoms with Crippen LogP contribution in [-0.4, -0.2) is 37.0 Å². The molecule has 1 aliphatic heterocycles.